The molecule has 0 aliphatic heterocycles. The minimum atomic E-state index is -1.75. The Balaban J connectivity index is 3.21. The van der Waals surface area contributed by atoms with Crippen molar-refractivity contribution in [3.63, 3.8) is 0 Å². The summed E-state index contributed by atoms with van der Waals surface area (Å²) in [4.78, 5) is 24.7. The summed E-state index contributed by atoms with van der Waals surface area (Å²) in [7, 11) is 3.84. The van der Waals surface area contributed by atoms with Crippen LogP contribution < -0.4 is 4.74 Å². The Bertz CT molecular complexity index is 825. The van der Waals surface area contributed by atoms with Crippen LogP contribution in [0.15, 0.2) is 24.3 Å². The second-order valence-electron chi connectivity index (χ2n) is 5.34. The summed E-state index contributed by atoms with van der Waals surface area (Å²) in [6, 6.07) is 7.01. The van der Waals surface area contributed by atoms with E-state index in [9.17, 15) is 14.7 Å². The second kappa shape index (κ2) is 10.6. The molecular formula is C21H20O6. The monoisotopic (exact) mass is 368 g/mol. The second-order valence-corrected chi connectivity index (χ2v) is 5.34. The largest absolute Gasteiger partial charge is 0.497 e. The molecule has 1 aromatic rings. The van der Waals surface area contributed by atoms with Crippen LogP contribution in [0.25, 0.3) is 0 Å². The highest BCUT2D eigenvalue weighted by Gasteiger charge is 2.47. The Morgan fingerprint density at radius 1 is 1.15 bits per heavy atom. The maximum absolute atomic E-state index is 12.3. The first-order valence-electron chi connectivity index (χ1n) is 7.86. The molecule has 0 aliphatic carbocycles. The van der Waals surface area contributed by atoms with Crippen molar-refractivity contribution in [1.29, 1.82) is 0 Å². The SMILES string of the molecule is C#CC(O)C#CCC(CC#Cc1cccc(OC)c1)(C(=O)OC)C(=O)OC. The number of hydrogen-bond acceptors (Lipinski definition) is 6. The van der Waals surface area contributed by atoms with Gasteiger partial charge in [-0.05, 0) is 18.2 Å². The third-order valence-electron chi connectivity index (χ3n) is 3.63. The number of carbonyl (C=O) groups excluding carboxylic acids is 2. The molecule has 0 fully saturated rings. The third-order valence-corrected chi connectivity index (χ3v) is 3.63. The number of hydrogen-bond donors (Lipinski definition) is 1. The number of esters is 2. The fourth-order valence-corrected chi connectivity index (χ4v) is 2.16. The lowest BCUT2D eigenvalue weighted by molar-refractivity contribution is -0.168. The highest BCUT2D eigenvalue weighted by molar-refractivity contribution is 6.00. The van der Waals surface area contributed by atoms with Crippen LogP contribution in [0, 0.1) is 41.4 Å². The number of aliphatic hydroxyl groups excluding tert-OH is 1. The zero-order chi connectivity index (χ0) is 20.3. The number of rotatable bonds is 5. The molecule has 0 saturated carbocycles. The maximum atomic E-state index is 12.3. The highest BCUT2D eigenvalue weighted by atomic mass is 16.5. The van der Waals surface area contributed by atoms with Crippen molar-refractivity contribution in [2.45, 2.75) is 18.9 Å². The molecule has 6 heteroatoms. The molecule has 1 aromatic carbocycles. The predicted molar refractivity (Wildman–Crippen MR) is 98.2 cm³/mol. The van der Waals surface area contributed by atoms with E-state index in [2.05, 4.69) is 23.7 Å². The Hall–Kier alpha value is -3.40. The lowest BCUT2D eigenvalue weighted by Crippen LogP contribution is -2.41. The van der Waals surface area contributed by atoms with E-state index in [-0.39, 0.29) is 12.8 Å². The van der Waals surface area contributed by atoms with Gasteiger partial charge in [0.15, 0.2) is 11.5 Å². The minimum Gasteiger partial charge on any atom is -0.497 e. The van der Waals surface area contributed by atoms with Crippen molar-refractivity contribution in [2.24, 2.45) is 5.41 Å². The number of terminal acetylenes is 1. The molecule has 27 heavy (non-hydrogen) atoms. The lowest BCUT2D eigenvalue weighted by atomic mass is 9.81. The predicted octanol–water partition coefficient (Wildman–Crippen LogP) is 1.16. The fourth-order valence-electron chi connectivity index (χ4n) is 2.16. The molecular weight excluding hydrogens is 348 g/mol. The summed E-state index contributed by atoms with van der Waals surface area (Å²) < 4.78 is 14.7. The Morgan fingerprint density at radius 2 is 1.78 bits per heavy atom. The van der Waals surface area contributed by atoms with E-state index < -0.39 is 23.5 Å². The number of ether oxygens (including phenoxy) is 3. The van der Waals surface area contributed by atoms with Gasteiger partial charge in [-0.1, -0.05) is 35.7 Å². The van der Waals surface area contributed by atoms with Crippen LogP contribution in [0.4, 0.5) is 0 Å². The van der Waals surface area contributed by atoms with Gasteiger partial charge in [-0.3, -0.25) is 9.59 Å². The van der Waals surface area contributed by atoms with E-state index in [0.717, 1.165) is 14.2 Å². The lowest BCUT2D eigenvalue weighted by Gasteiger charge is -2.24. The van der Waals surface area contributed by atoms with Crippen LogP contribution in [0.3, 0.4) is 0 Å². The van der Waals surface area contributed by atoms with Crippen LogP contribution in [-0.4, -0.2) is 44.5 Å². The molecule has 140 valence electrons. The summed E-state index contributed by atoms with van der Waals surface area (Å²) >= 11 is 0. The summed E-state index contributed by atoms with van der Waals surface area (Å²) in [6.07, 6.45) is 3.28. The Morgan fingerprint density at radius 3 is 2.33 bits per heavy atom. The molecule has 1 atom stereocenters. The van der Waals surface area contributed by atoms with Crippen molar-refractivity contribution in [3.05, 3.63) is 29.8 Å². The zero-order valence-electron chi connectivity index (χ0n) is 15.4. The molecule has 0 amide bonds. The van der Waals surface area contributed by atoms with Crippen LogP contribution in [-0.2, 0) is 19.1 Å². The van der Waals surface area contributed by atoms with Crippen molar-refractivity contribution < 1.29 is 28.9 Å². The van der Waals surface area contributed by atoms with Gasteiger partial charge in [-0.2, -0.15) is 0 Å². The van der Waals surface area contributed by atoms with Crippen LogP contribution >= 0.6 is 0 Å². The van der Waals surface area contributed by atoms with E-state index in [0.29, 0.717) is 11.3 Å². The van der Waals surface area contributed by atoms with E-state index >= 15 is 0 Å². The minimum absolute atomic E-state index is 0.190. The van der Waals surface area contributed by atoms with Crippen LogP contribution in [0.5, 0.6) is 5.75 Å². The summed E-state index contributed by atoms with van der Waals surface area (Å²) in [5, 5.41) is 9.34. The number of aliphatic hydroxyl groups is 1. The molecule has 0 aromatic heterocycles. The van der Waals surface area contributed by atoms with E-state index in [4.69, 9.17) is 20.6 Å². The molecule has 0 bridgehead atoms. The van der Waals surface area contributed by atoms with Crippen molar-refractivity contribution >= 4 is 11.9 Å². The smallest absolute Gasteiger partial charge is 0.325 e. The number of methoxy groups -OCH3 is 3. The van der Waals surface area contributed by atoms with E-state index in [1.54, 1.807) is 24.3 Å². The molecule has 0 spiro atoms. The first-order valence-corrected chi connectivity index (χ1v) is 7.86. The highest BCUT2D eigenvalue weighted by Crippen LogP contribution is 2.30. The van der Waals surface area contributed by atoms with Gasteiger partial charge in [-0.15, -0.1) is 6.42 Å². The normalized spacial score (nSPS) is 10.8. The molecule has 0 radical (unpaired) electrons. The van der Waals surface area contributed by atoms with Crippen LogP contribution in [0.2, 0.25) is 0 Å². The molecule has 0 heterocycles. The summed E-state index contributed by atoms with van der Waals surface area (Å²) in [6.45, 7) is 0. The van der Waals surface area contributed by atoms with E-state index in [1.165, 1.54) is 7.11 Å². The number of carbonyl (C=O) groups is 2. The number of benzene rings is 1. The topological polar surface area (TPSA) is 82.1 Å². The third kappa shape index (κ3) is 5.82. The first kappa shape index (κ1) is 21.6. The molecule has 1 N–H and O–H groups in total. The standard InChI is InChI=1S/C21H20O6/c1-5-17(22)11-8-14-21(19(23)26-3,20(24)27-4)13-7-10-16-9-6-12-18(15-16)25-2/h1,6,9,12,15,17,22H,13-14H2,2-4H3. The van der Waals surface area contributed by atoms with Gasteiger partial charge < -0.3 is 19.3 Å². The fraction of sp³-hybridized carbons (Fsp3) is 0.333. The average Bonchev–Trinajstić information content (AvgIpc) is 2.71. The van der Waals surface area contributed by atoms with Gasteiger partial charge in [0, 0.05) is 18.4 Å². The molecule has 1 unspecified atom stereocenters. The molecule has 0 saturated heterocycles. The van der Waals surface area contributed by atoms with Gasteiger partial charge in [0.1, 0.15) is 5.75 Å². The van der Waals surface area contributed by atoms with Gasteiger partial charge >= 0.3 is 11.9 Å². The van der Waals surface area contributed by atoms with E-state index in [1.807, 2.05) is 5.92 Å². The van der Waals surface area contributed by atoms with Crippen molar-refractivity contribution in [2.75, 3.05) is 21.3 Å². The maximum Gasteiger partial charge on any atom is 0.325 e. The first-order chi connectivity index (χ1) is 12.9. The van der Waals surface area contributed by atoms with Crippen molar-refractivity contribution in [1.82, 2.24) is 0 Å². The Kier molecular flexibility index (Phi) is 8.46. The summed E-state index contributed by atoms with van der Waals surface area (Å²) in [5.41, 5.74) is -1.11. The van der Waals surface area contributed by atoms with Crippen LogP contribution in [0.1, 0.15) is 18.4 Å². The summed E-state index contributed by atoms with van der Waals surface area (Å²) in [5.74, 6) is 11.5. The molecule has 1 rings (SSSR count). The van der Waals surface area contributed by atoms with Gasteiger partial charge in [0.25, 0.3) is 0 Å². The van der Waals surface area contributed by atoms with Gasteiger partial charge in [0.05, 0.1) is 21.3 Å². The van der Waals surface area contributed by atoms with Gasteiger partial charge in [-0.25, -0.2) is 0 Å². The Labute approximate surface area is 158 Å². The van der Waals surface area contributed by atoms with Gasteiger partial charge in [0.2, 0.25) is 0 Å². The quantitative estimate of drug-likeness (QED) is 0.477. The molecule has 0 aliphatic rings. The molecule has 6 nitrogen and oxygen atoms in total. The average molecular weight is 368 g/mol. The van der Waals surface area contributed by atoms with Crippen molar-refractivity contribution in [3.8, 4) is 41.8 Å². The zero-order valence-corrected chi connectivity index (χ0v) is 15.4.